The van der Waals surface area contributed by atoms with Gasteiger partial charge >= 0.3 is 6.03 Å². The number of non-ortho nitro benzene ring substituents is 1. The Morgan fingerprint density at radius 1 is 1.52 bits per heavy atom. The Morgan fingerprint density at radius 2 is 2.14 bits per heavy atom. The molecule has 7 nitrogen and oxygen atoms in total. The molecule has 21 heavy (non-hydrogen) atoms. The fraction of sp³-hybridized carbons (Fsp3) is 0.462. The number of aliphatic hydroxyl groups is 1. The molecule has 0 aromatic heterocycles. The van der Waals surface area contributed by atoms with Gasteiger partial charge in [-0.05, 0) is 18.9 Å². The molecular formula is C13H18ClN3O4. The van der Waals surface area contributed by atoms with E-state index in [1.165, 1.54) is 12.1 Å². The monoisotopic (exact) mass is 315 g/mol. The second kappa shape index (κ2) is 6.73. The van der Waals surface area contributed by atoms with E-state index < -0.39 is 16.6 Å². The van der Waals surface area contributed by atoms with Gasteiger partial charge in [-0.1, -0.05) is 25.4 Å². The van der Waals surface area contributed by atoms with Gasteiger partial charge in [-0.2, -0.15) is 0 Å². The molecule has 3 N–H and O–H groups in total. The zero-order valence-corrected chi connectivity index (χ0v) is 12.8. The van der Waals surface area contributed by atoms with Gasteiger partial charge in [-0.3, -0.25) is 10.1 Å². The average molecular weight is 316 g/mol. The van der Waals surface area contributed by atoms with E-state index in [4.69, 9.17) is 11.6 Å². The van der Waals surface area contributed by atoms with Crippen LogP contribution in [0.4, 0.5) is 16.2 Å². The van der Waals surface area contributed by atoms with Crippen molar-refractivity contribution < 1.29 is 14.8 Å². The molecule has 1 unspecified atom stereocenters. The average Bonchev–Trinajstić information content (AvgIpc) is 2.38. The van der Waals surface area contributed by atoms with Crippen LogP contribution in [0.1, 0.15) is 20.8 Å². The Morgan fingerprint density at radius 3 is 2.62 bits per heavy atom. The molecule has 0 spiro atoms. The molecule has 116 valence electrons. The predicted octanol–water partition coefficient (Wildman–Crippen LogP) is 2.78. The maximum Gasteiger partial charge on any atom is 0.319 e. The van der Waals surface area contributed by atoms with Crippen molar-refractivity contribution in [3.8, 4) is 0 Å². The minimum absolute atomic E-state index is 0.0271. The van der Waals surface area contributed by atoms with E-state index in [0.29, 0.717) is 0 Å². The molecule has 1 aromatic carbocycles. The summed E-state index contributed by atoms with van der Waals surface area (Å²) < 4.78 is 0. The van der Waals surface area contributed by atoms with E-state index >= 15 is 0 Å². The van der Waals surface area contributed by atoms with E-state index in [2.05, 4.69) is 10.6 Å². The number of rotatable bonds is 5. The Hall–Kier alpha value is -1.86. The van der Waals surface area contributed by atoms with Crippen LogP contribution in [0.15, 0.2) is 18.2 Å². The van der Waals surface area contributed by atoms with Crippen LogP contribution in [-0.2, 0) is 0 Å². The third-order valence-electron chi connectivity index (χ3n) is 3.26. The van der Waals surface area contributed by atoms with Crippen molar-refractivity contribution in [1.82, 2.24) is 5.32 Å². The number of nitrogens with zero attached hydrogens (tertiary/aromatic N) is 1. The lowest BCUT2D eigenvalue weighted by Crippen LogP contribution is -2.45. The smallest absolute Gasteiger partial charge is 0.319 e. The third-order valence-corrected chi connectivity index (χ3v) is 3.58. The first kappa shape index (κ1) is 17.2. The van der Waals surface area contributed by atoms with E-state index in [1.807, 2.05) is 13.8 Å². The van der Waals surface area contributed by atoms with Gasteiger partial charge in [0.25, 0.3) is 5.69 Å². The highest BCUT2D eigenvalue weighted by molar-refractivity contribution is 6.33. The summed E-state index contributed by atoms with van der Waals surface area (Å²) in [5.41, 5.74) is -0.936. The van der Waals surface area contributed by atoms with Crippen LogP contribution in [0.2, 0.25) is 5.02 Å². The fourth-order valence-electron chi connectivity index (χ4n) is 1.35. The molecule has 1 aromatic rings. The van der Waals surface area contributed by atoms with Gasteiger partial charge in [0.05, 0.1) is 21.2 Å². The molecule has 2 amide bonds. The SMILES string of the molecule is CC(C)C(C)(O)CNC(=O)Nc1ccc([N+](=O)[O-])cc1Cl. The minimum Gasteiger partial charge on any atom is -0.388 e. The lowest BCUT2D eigenvalue weighted by atomic mass is 9.93. The number of urea groups is 1. The van der Waals surface area contributed by atoms with Crippen molar-refractivity contribution in [3.63, 3.8) is 0 Å². The number of hydrogen-bond donors (Lipinski definition) is 3. The lowest BCUT2D eigenvalue weighted by molar-refractivity contribution is -0.384. The Labute approximate surface area is 127 Å². The topological polar surface area (TPSA) is 104 Å². The number of carbonyl (C=O) groups is 1. The van der Waals surface area contributed by atoms with Gasteiger partial charge in [0, 0.05) is 18.7 Å². The molecule has 8 heteroatoms. The van der Waals surface area contributed by atoms with Gasteiger partial charge < -0.3 is 15.7 Å². The Bertz CT molecular complexity index is 546. The standard InChI is InChI=1S/C13H18ClN3O4/c1-8(2)13(3,19)7-15-12(18)16-11-5-4-9(17(20)21)6-10(11)14/h4-6,8,19H,7H2,1-3H3,(H2,15,16,18). The summed E-state index contributed by atoms with van der Waals surface area (Å²) in [7, 11) is 0. The van der Waals surface area contributed by atoms with Gasteiger partial charge in [-0.15, -0.1) is 0 Å². The van der Waals surface area contributed by atoms with Crippen LogP contribution in [0.25, 0.3) is 0 Å². The largest absolute Gasteiger partial charge is 0.388 e. The van der Waals surface area contributed by atoms with Crippen molar-refractivity contribution >= 4 is 29.0 Å². The molecule has 0 radical (unpaired) electrons. The summed E-state index contributed by atoms with van der Waals surface area (Å²) >= 11 is 5.86. The molecule has 1 atom stereocenters. The van der Waals surface area contributed by atoms with E-state index in [0.717, 1.165) is 6.07 Å². The lowest BCUT2D eigenvalue weighted by Gasteiger charge is -2.27. The van der Waals surface area contributed by atoms with Crippen molar-refractivity contribution in [2.24, 2.45) is 5.92 Å². The second-order valence-corrected chi connectivity index (χ2v) is 5.65. The van der Waals surface area contributed by atoms with Gasteiger partial charge in [0.15, 0.2) is 0 Å². The van der Waals surface area contributed by atoms with E-state index in [9.17, 15) is 20.0 Å². The van der Waals surface area contributed by atoms with Crippen LogP contribution in [-0.4, -0.2) is 28.2 Å². The summed E-state index contributed by atoms with van der Waals surface area (Å²) in [6.45, 7) is 5.37. The third kappa shape index (κ3) is 4.87. The van der Waals surface area contributed by atoms with Crippen molar-refractivity contribution in [3.05, 3.63) is 33.3 Å². The molecular weight excluding hydrogens is 298 g/mol. The maximum atomic E-state index is 11.7. The van der Waals surface area contributed by atoms with Crippen LogP contribution < -0.4 is 10.6 Å². The number of benzene rings is 1. The minimum atomic E-state index is -1.03. The summed E-state index contributed by atoms with van der Waals surface area (Å²) in [6.07, 6.45) is 0. The molecule has 0 aliphatic heterocycles. The van der Waals surface area contributed by atoms with Crippen LogP contribution in [0.3, 0.4) is 0 Å². The van der Waals surface area contributed by atoms with E-state index in [1.54, 1.807) is 6.92 Å². The zero-order chi connectivity index (χ0) is 16.2. The first-order valence-corrected chi connectivity index (χ1v) is 6.72. The normalized spacial score (nSPS) is 13.6. The van der Waals surface area contributed by atoms with Crippen molar-refractivity contribution in [2.75, 3.05) is 11.9 Å². The van der Waals surface area contributed by atoms with Crippen LogP contribution in [0, 0.1) is 16.0 Å². The number of amides is 2. The molecule has 0 saturated carbocycles. The Kier molecular flexibility index (Phi) is 5.51. The number of nitro benzene ring substituents is 1. The highest BCUT2D eigenvalue weighted by Gasteiger charge is 2.25. The molecule has 0 bridgehead atoms. The molecule has 0 heterocycles. The number of halogens is 1. The number of anilines is 1. The fourth-order valence-corrected chi connectivity index (χ4v) is 1.57. The summed E-state index contributed by atoms with van der Waals surface area (Å²) in [4.78, 5) is 21.7. The van der Waals surface area contributed by atoms with Crippen molar-refractivity contribution in [2.45, 2.75) is 26.4 Å². The maximum absolute atomic E-state index is 11.7. The molecule has 0 saturated heterocycles. The summed E-state index contributed by atoms with van der Waals surface area (Å²) in [5, 5.41) is 25.7. The zero-order valence-electron chi connectivity index (χ0n) is 12.0. The first-order valence-electron chi connectivity index (χ1n) is 6.34. The van der Waals surface area contributed by atoms with Crippen LogP contribution in [0.5, 0.6) is 0 Å². The first-order chi connectivity index (χ1) is 9.63. The quantitative estimate of drug-likeness (QED) is 0.574. The van der Waals surface area contributed by atoms with Crippen molar-refractivity contribution in [1.29, 1.82) is 0 Å². The highest BCUT2D eigenvalue weighted by atomic mass is 35.5. The number of hydrogen-bond acceptors (Lipinski definition) is 4. The number of nitrogens with one attached hydrogen (secondary N) is 2. The van der Waals surface area contributed by atoms with Crippen LogP contribution >= 0.6 is 11.6 Å². The Balaban J connectivity index is 2.66. The highest BCUT2D eigenvalue weighted by Crippen LogP contribution is 2.26. The number of carbonyl (C=O) groups excluding carboxylic acids is 1. The van der Waals surface area contributed by atoms with E-state index in [-0.39, 0.29) is 28.9 Å². The van der Waals surface area contributed by atoms with Gasteiger partial charge in [0.2, 0.25) is 0 Å². The predicted molar refractivity (Wildman–Crippen MR) is 80.6 cm³/mol. The molecule has 0 aliphatic carbocycles. The molecule has 0 fully saturated rings. The molecule has 0 aliphatic rings. The number of nitro groups is 1. The van der Waals surface area contributed by atoms with Gasteiger partial charge in [0.1, 0.15) is 0 Å². The summed E-state index contributed by atoms with van der Waals surface area (Å²) in [5.74, 6) is -0.0271. The van der Waals surface area contributed by atoms with Gasteiger partial charge in [-0.25, -0.2) is 4.79 Å². The molecule has 1 rings (SSSR count). The summed E-state index contributed by atoms with van der Waals surface area (Å²) in [6, 6.07) is 3.19. The second-order valence-electron chi connectivity index (χ2n) is 5.24.